The molecule has 2 aromatic rings. The molecule has 1 heterocycles. The van der Waals surface area contributed by atoms with Crippen molar-refractivity contribution in [1.82, 2.24) is 4.98 Å². The van der Waals surface area contributed by atoms with Gasteiger partial charge in [0, 0.05) is 0 Å². The van der Waals surface area contributed by atoms with Gasteiger partial charge in [-0.1, -0.05) is 23.2 Å². The number of phenols is 1. The van der Waals surface area contributed by atoms with Crippen molar-refractivity contribution in [2.45, 2.75) is 0 Å². The lowest BCUT2D eigenvalue weighted by Crippen LogP contribution is -2.15. The highest BCUT2D eigenvalue weighted by molar-refractivity contribution is 6.35. The second kappa shape index (κ2) is 5.94. The molecule has 1 amide bonds. The van der Waals surface area contributed by atoms with Crippen LogP contribution >= 0.6 is 23.2 Å². The number of nitrogens with zero attached hydrogens (tertiary/aromatic N) is 2. The van der Waals surface area contributed by atoms with Crippen LogP contribution in [0.1, 0.15) is 10.5 Å². The van der Waals surface area contributed by atoms with Crippen LogP contribution in [0.2, 0.25) is 10.2 Å². The quantitative estimate of drug-likeness (QED) is 0.389. The summed E-state index contributed by atoms with van der Waals surface area (Å²) in [6, 6.07) is 6.11. The number of benzene rings is 1. The fourth-order valence-corrected chi connectivity index (χ4v) is 1.87. The van der Waals surface area contributed by atoms with Crippen molar-refractivity contribution in [1.29, 1.82) is 0 Å². The number of pyridine rings is 1. The number of nitrogens with one attached hydrogen (secondary N) is 1. The predicted octanol–water partition coefficient (Wildman–Crippen LogP) is 3.25. The van der Waals surface area contributed by atoms with E-state index in [0.717, 1.165) is 6.07 Å². The Hall–Kier alpha value is -2.38. The number of rotatable bonds is 3. The number of carbonyl (C=O) groups excluding carboxylic acids is 1. The zero-order chi connectivity index (χ0) is 15.6. The first-order valence-corrected chi connectivity index (χ1v) is 6.25. The molecule has 108 valence electrons. The maximum absolute atomic E-state index is 12.0. The van der Waals surface area contributed by atoms with E-state index in [9.17, 15) is 20.0 Å². The number of amides is 1. The SMILES string of the molecule is O=C(Nc1ccc(O)cc1[N+](=O)[O-])c1nc(Cl)ccc1Cl. The molecular formula is C12H7Cl2N3O4. The Morgan fingerprint density at radius 2 is 2.00 bits per heavy atom. The Labute approximate surface area is 128 Å². The summed E-state index contributed by atoms with van der Waals surface area (Å²) in [5.74, 6) is -1.05. The van der Waals surface area contributed by atoms with Crippen molar-refractivity contribution >= 4 is 40.5 Å². The van der Waals surface area contributed by atoms with Gasteiger partial charge in [-0.25, -0.2) is 4.98 Å². The zero-order valence-corrected chi connectivity index (χ0v) is 11.7. The van der Waals surface area contributed by atoms with Gasteiger partial charge in [0.25, 0.3) is 11.6 Å². The number of nitro benzene ring substituents is 1. The lowest BCUT2D eigenvalue weighted by Gasteiger charge is -2.07. The van der Waals surface area contributed by atoms with E-state index in [2.05, 4.69) is 10.3 Å². The fraction of sp³-hybridized carbons (Fsp3) is 0. The average Bonchev–Trinajstić information content (AvgIpc) is 2.43. The molecule has 1 aromatic carbocycles. The molecule has 0 aliphatic rings. The van der Waals surface area contributed by atoms with Gasteiger partial charge in [-0.15, -0.1) is 0 Å². The van der Waals surface area contributed by atoms with Crippen LogP contribution < -0.4 is 5.32 Å². The number of anilines is 1. The molecule has 0 bridgehead atoms. The molecule has 0 radical (unpaired) electrons. The number of aromatic nitrogens is 1. The smallest absolute Gasteiger partial charge is 0.296 e. The van der Waals surface area contributed by atoms with Crippen LogP contribution in [-0.2, 0) is 0 Å². The van der Waals surface area contributed by atoms with Crippen LogP contribution in [0.5, 0.6) is 5.75 Å². The van der Waals surface area contributed by atoms with E-state index in [-0.39, 0.29) is 27.3 Å². The van der Waals surface area contributed by atoms with Crippen LogP contribution in [0.4, 0.5) is 11.4 Å². The van der Waals surface area contributed by atoms with Crippen molar-refractivity contribution in [2.75, 3.05) is 5.32 Å². The number of aromatic hydroxyl groups is 1. The number of halogens is 2. The average molecular weight is 328 g/mol. The number of hydrogen-bond acceptors (Lipinski definition) is 5. The first-order valence-electron chi connectivity index (χ1n) is 5.49. The highest BCUT2D eigenvalue weighted by Gasteiger charge is 2.19. The minimum Gasteiger partial charge on any atom is -0.508 e. The summed E-state index contributed by atoms with van der Waals surface area (Å²) in [5.41, 5.74) is -0.714. The molecule has 0 aliphatic carbocycles. The van der Waals surface area contributed by atoms with E-state index in [1.165, 1.54) is 24.3 Å². The summed E-state index contributed by atoms with van der Waals surface area (Å²) in [6.45, 7) is 0. The summed E-state index contributed by atoms with van der Waals surface area (Å²) >= 11 is 11.5. The molecular weight excluding hydrogens is 321 g/mol. The highest BCUT2D eigenvalue weighted by atomic mass is 35.5. The first-order chi connectivity index (χ1) is 9.88. The Morgan fingerprint density at radius 3 is 2.67 bits per heavy atom. The van der Waals surface area contributed by atoms with Crippen molar-refractivity contribution in [3.05, 3.63) is 56.3 Å². The van der Waals surface area contributed by atoms with Gasteiger partial charge in [0.2, 0.25) is 0 Å². The molecule has 2 N–H and O–H groups in total. The fourth-order valence-electron chi connectivity index (χ4n) is 1.54. The van der Waals surface area contributed by atoms with E-state index >= 15 is 0 Å². The highest BCUT2D eigenvalue weighted by Crippen LogP contribution is 2.29. The Balaban J connectivity index is 2.36. The van der Waals surface area contributed by atoms with Crippen molar-refractivity contribution in [3.63, 3.8) is 0 Å². The largest absolute Gasteiger partial charge is 0.508 e. The summed E-state index contributed by atoms with van der Waals surface area (Å²) < 4.78 is 0. The van der Waals surface area contributed by atoms with E-state index in [0.29, 0.717) is 0 Å². The minimum atomic E-state index is -0.753. The third-order valence-corrected chi connectivity index (χ3v) is 2.97. The molecule has 0 fully saturated rings. The summed E-state index contributed by atoms with van der Waals surface area (Å²) in [6.07, 6.45) is 0. The van der Waals surface area contributed by atoms with Crippen molar-refractivity contribution < 1.29 is 14.8 Å². The molecule has 2 rings (SSSR count). The third kappa shape index (κ3) is 3.39. The summed E-state index contributed by atoms with van der Waals surface area (Å²) in [5, 5.41) is 22.6. The number of hydrogen-bond donors (Lipinski definition) is 2. The van der Waals surface area contributed by atoms with Crippen LogP contribution in [0.3, 0.4) is 0 Å². The molecule has 0 unspecified atom stereocenters. The number of nitro groups is 1. The molecule has 1 aromatic heterocycles. The second-order valence-electron chi connectivity index (χ2n) is 3.88. The number of phenolic OH excluding ortho intramolecular Hbond substituents is 1. The van der Waals surface area contributed by atoms with E-state index in [1.807, 2.05) is 0 Å². The van der Waals surface area contributed by atoms with Gasteiger partial charge in [-0.2, -0.15) is 0 Å². The molecule has 0 saturated heterocycles. The molecule has 0 saturated carbocycles. The molecule has 7 nitrogen and oxygen atoms in total. The van der Waals surface area contributed by atoms with Gasteiger partial charge in [0.15, 0.2) is 0 Å². The van der Waals surface area contributed by atoms with Gasteiger partial charge < -0.3 is 10.4 Å². The van der Waals surface area contributed by atoms with Gasteiger partial charge in [-0.3, -0.25) is 14.9 Å². The molecule has 0 aliphatic heterocycles. The minimum absolute atomic E-state index is 0.0540. The van der Waals surface area contributed by atoms with Gasteiger partial charge in [-0.05, 0) is 24.3 Å². The topological polar surface area (TPSA) is 105 Å². The van der Waals surface area contributed by atoms with Crippen molar-refractivity contribution in [3.8, 4) is 5.75 Å². The Kier molecular flexibility index (Phi) is 4.25. The monoisotopic (exact) mass is 327 g/mol. The van der Waals surface area contributed by atoms with Crippen LogP contribution in [0, 0.1) is 10.1 Å². The third-order valence-electron chi connectivity index (χ3n) is 2.45. The standard InChI is InChI=1S/C12H7Cl2N3O4/c13-7-2-4-10(14)16-11(7)12(19)15-8-3-1-6(18)5-9(8)17(20)21/h1-5,18H,(H,15,19). The van der Waals surface area contributed by atoms with Crippen LogP contribution in [-0.4, -0.2) is 20.9 Å². The Bertz CT molecular complexity index is 736. The van der Waals surface area contributed by atoms with Crippen LogP contribution in [0.15, 0.2) is 30.3 Å². The van der Waals surface area contributed by atoms with E-state index in [1.54, 1.807) is 0 Å². The summed E-state index contributed by atoms with van der Waals surface area (Å²) in [7, 11) is 0. The molecule has 21 heavy (non-hydrogen) atoms. The normalized spacial score (nSPS) is 10.2. The van der Waals surface area contributed by atoms with Gasteiger partial charge >= 0.3 is 0 Å². The molecule has 0 atom stereocenters. The maximum Gasteiger partial charge on any atom is 0.296 e. The lowest BCUT2D eigenvalue weighted by molar-refractivity contribution is -0.384. The summed E-state index contributed by atoms with van der Waals surface area (Å²) in [4.78, 5) is 26.0. The molecule has 9 heteroatoms. The predicted molar refractivity (Wildman–Crippen MR) is 77.0 cm³/mol. The van der Waals surface area contributed by atoms with Crippen LogP contribution in [0.25, 0.3) is 0 Å². The van der Waals surface area contributed by atoms with E-state index in [4.69, 9.17) is 23.2 Å². The number of carbonyl (C=O) groups is 1. The second-order valence-corrected chi connectivity index (χ2v) is 4.67. The van der Waals surface area contributed by atoms with E-state index < -0.39 is 16.5 Å². The first kappa shape index (κ1) is 15.0. The van der Waals surface area contributed by atoms with Gasteiger partial charge in [0.05, 0.1) is 16.0 Å². The lowest BCUT2D eigenvalue weighted by atomic mass is 10.2. The molecule has 0 spiro atoms. The Morgan fingerprint density at radius 1 is 1.29 bits per heavy atom. The van der Waals surface area contributed by atoms with Crippen molar-refractivity contribution in [2.24, 2.45) is 0 Å². The maximum atomic E-state index is 12.0. The van der Waals surface area contributed by atoms with Gasteiger partial charge in [0.1, 0.15) is 22.3 Å². The zero-order valence-electron chi connectivity index (χ0n) is 10.2.